The number of hydrogen-bond donors (Lipinski definition) is 1. The second kappa shape index (κ2) is 10.6. The number of rotatable bonds is 4. The van der Waals surface area contributed by atoms with Gasteiger partial charge in [0.05, 0.1) is 11.4 Å². The standard InChI is InChI=1S/C26H32N6O4S3/c1-6-18-7-8-19-14-24(38-22(19)13-18)39(35,36)30-11-12-31(20(16-30)15-23(33)28(3)4)26(34)32-10-9-21-25(27-32)37-17(2)29(21)5/h1,7-8,13-14,17,20,27H,9-12,15-16H2,2-5H3. The molecule has 2 atom stereocenters. The van der Waals surface area contributed by atoms with Crippen molar-refractivity contribution in [2.45, 2.75) is 35.4 Å². The number of hydrogen-bond acceptors (Lipinski definition) is 8. The first kappa shape index (κ1) is 27.6. The number of nitrogens with zero attached hydrogens (tertiary/aromatic N) is 5. The summed E-state index contributed by atoms with van der Waals surface area (Å²) in [4.78, 5) is 31.8. The zero-order valence-corrected chi connectivity index (χ0v) is 24.8. The van der Waals surface area contributed by atoms with E-state index in [2.05, 4.69) is 23.2 Å². The largest absolute Gasteiger partial charge is 0.364 e. The SMILES string of the molecule is C#Cc1ccc2cc(S(=O)(=O)N3CCN(C(=O)N4CCC5=C(N4)SC(C)N5C)C(CC(=O)N(C)C)C3)sc2c1. The van der Waals surface area contributed by atoms with Crippen LogP contribution in [0.3, 0.4) is 0 Å². The number of hydrazine groups is 1. The number of thiophene rings is 1. The summed E-state index contributed by atoms with van der Waals surface area (Å²) in [6.07, 6.45) is 6.26. The molecule has 1 fully saturated rings. The van der Waals surface area contributed by atoms with Gasteiger partial charge in [-0.15, -0.1) is 17.8 Å². The number of benzene rings is 1. The van der Waals surface area contributed by atoms with Crippen LogP contribution in [0.2, 0.25) is 0 Å². The van der Waals surface area contributed by atoms with Crippen molar-refractivity contribution in [1.82, 2.24) is 29.4 Å². The topological polar surface area (TPSA) is 96.5 Å². The molecule has 0 radical (unpaired) electrons. The quantitative estimate of drug-likeness (QED) is 0.549. The minimum atomic E-state index is -3.84. The van der Waals surface area contributed by atoms with Gasteiger partial charge in [0, 0.05) is 76.1 Å². The third kappa shape index (κ3) is 5.18. The number of carbonyl (C=O) groups excluding carboxylic acids is 2. The Balaban J connectivity index is 1.37. The van der Waals surface area contributed by atoms with Gasteiger partial charge in [-0.05, 0) is 30.5 Å². The molecular formula is C26H32N6O4S3. The van der Waals surface area contributed by atoms with E-state index in [4.69, 9.17) is 6.42 Å². The first-order valence-corrected chi connectivity index (χ1v) is 15.8. The molecule has 10 nitrogen and oxygen atoms in total. The van der Waals surface area contributed by atoms with Gasteiger partial charge in [-0.1, -0.05) is 23.7 Å². The minimum Gasteiger partial charge on any atom is -0.364 e. The molecule has 0 spiro atoms. The van der Waals surface area contributed by atoms with Crippen LogP contribution in [-0.4, -0.2) is 103 Å². The van der Waals surface area contributed by atoms with E-state index in [1.54, 1.807) is 47.9 Å². The normalized spacial score (nSPS) is 22.1. The van der Waals surface area contributed by atoms with Crippen molar-refractivity contribution in [3.63, 3.8) is 0 Å². The van der Waals surface area contributed by atoms with Crippen LogP contribution in [0.15, 0.2) is 39.2 Å². The zero-order chi connectivity index (χ0) is 28.1. The molecule has 39 heavy (non-hydrogen) atoms. The van der Waals surface area contributed by atoms with E-state index in [1.807, 2.05) is 19.2 Å². The van der Waals surface area contributed by atoms with E-state index in [1.165, 1.54) is 26.2 Å². The van der Waals surface area contributed by atoms with Gasteiger partial charge in [0.25, 0.3) is 10.0 Å². The van der Waals surface area contributed by atoms with E-state index in [0.717, 1.165) is 21.5 Å². The molecule has 0 saturated carbocycles. The van der Waals surface area contributed by atoms with Crippen LogP contribution in [-0.2, 0) is 14.8 Å². The lowest BCUT2D eigenvalue weighted by Crippen LogP contribution is -2.62. The number of sulfonamides is 1. The van der Waals surface area contributed by atoms with E-state index in [-0.39, 0.29) is 47.6 Å². The Morgan fingerprint density at radius 1 is 1.21 bits per heavy atom. The zero-order valence-electron chi connectivity index (χ0n) is 22.4. The van der Waals surface area contributed by atoms with Crippen molar-refractivity contribution in [2.75, 3.05) is 47.3 Å². The summed E-state index contributed by atoms with van der Waals surface area (Å²) >= 11 is 2.85. The number of fused-ring (bicyclic) bond motifs is 1. The molecule has 1 saturated heterocycles. The fourth-order valence-corrected chi connectivity index (χ4v) is 9.21. The lowest BCUT2D eigenvalue weighted by atomic mass is 10.1. The highest BCUT2D eigenvalue weighted by Crippen LogP contribution is 2.39. The van der Waals surface area contributed by atoms with Crippen molar-refractivity contribution >= 4 is 55.1 Å². The number of thioether (sulfide) groups is 1. The fraction of sp³-hybridized carbons (Fsp3) is 0.462. The van der Waals surface area contributed by atoms with Gasteiger partial charge in [-0.3, -0.25) is 10.2 Å². The molecule has 1 N–H and O–H groups in total. The van der Waals surface area contributed by atoms with Crippen LogP contribution in [0.4, 0.5) is 4.79 Å². The minimum absolute atomic E-state index is 0.0268. The smallest absolute Gasteiger partial charge is 0.339 e. The number of piperazine rings is 1. The molecule has 2 unspecified atom stereocenters. The van der Waals surface area contributed by atoms with Crippen LogP contribution in [0.1, 0.15) is 25.3 Å². The van der Waals surface area contributed by atoms with Crippen molar-refractivity contribution in [3.05, 3.63) is 40.6 Å². The summed E-state index contributed by atoms with van der Waals surface area (Å²) in [5, 5.41) is 3.64. The highest BCUT2D eigenvalue weighted by molar-refractivity contribution is 8.03. The van der Waals surface area contributed by atoms with E-state index < -0.39 is 16.1 Å². The Kier molecular flexibility index (Phi) is 7.49. The third-order valence-electron chi connectivity index (χ3n) is 7.42. The molecule has 3 amide bonds. The van der Waals surface area contributed by atoms with Crippen LogP contribution in [0.25, 0.3) is 10.1 Å². The average molecular weight is 589 g/mol. The highest BCUT2D eigenvalue weighted by Gasteiger charge is 2.41. The summed E-state index contributed by atoms with van der Waals surface area (Å²) in [5.74, 6) is 2.41. The Morgan fingerprint density at radius 2 is 1.97 bits per heavy atom. The molecule has 0 aliphatic carbocycles. The van der Waals surface area contributed by atoms with Gasteiger partial charge < -0.3 is 14.7 Å². The van der Waals surface area contributed by atoms with Crippen molar-refractivity contribution in [2.24, 2.45) is 0 Å². The van der Waals surface area contributed by atoms with Crippen LogP contribution in [0.5, 0.6) is 0 Å². The maximum atomic E-state index is 13.7. The second-order valence-corrected chi connectivity index (χ2v) is 14.6. The van der Waals surface area contributed by atoms with E-state index >= 15 is 0 Å². The maximum Gasteiger partial charge on any atom is 0.339 e. The van der Waals surface area contributed by atoms with Crippen molar-refractivity contribution < 1.29 is 18.0 Å². The second-order valence-electron chi connectivity index (χ2n) is 10.1. The van der Waals surface area contributed by atoms with Gasteiger partial charge in [-0.2, -0.15) is 4.31 Å². The lowest BCUT2D eigenvalue weighted by molar-refractivity contribution is -0.130. The van der Waals surface area contributed by atoms with Gasteiger partial charge in [0.1, 0.15) is 9.24 Å². The van der Waals surface area contributed by atoms with Gasteiger partial charge >= 0.3 is 6.03 Å². The predicted octanol–water partition coefficient (Wildman–Crippen LogP) is 2.56. The number of nitrogens with one attached hydrogen (secondary N) is 1. The fourth-order valence-electron chi connectivity index (χ4n) is 4.98. The molecule has 208 valence electrons. The number of carbonyl (C=O) groups is 2. The molecule has 4 heterocycles. The summed E-state index contributed by atoms with van der Waals surface area (Å²) < 4.78 is 29.8. The van der Waals surface area contributed by atoms with Gasteiger partial charge in [0.15, 0.2) is 0 Å². The van der Waals surface area contributed by atoms with E-state index in [9.17, 15) is 18.0 Å². The monoisotopic (exact) mass is 588 g/mol. The maximum absolute atomic E-state index is 13.7. The molecule has 13 heteroatoms. The third-order valence-corrected chi connectivity index (χ3v) is 12.1. The van der Waals surface area contributed by atoms with Crippen LogP contribution >= 0.6 is 23.1 Å². The van der Waals surface area contributed by atoms with Crippen LogP contribution in [0, 0.1) is 12.3 Å². The molecule has 0 bridgehead atoms. The summed E-state index contributed by atoms with van der Waals surface area (Å²) in [6, 6.07) is 6.22. The Hall–Kier alpha value is -2.92. The molecule has 3 aliphatic heterocycles. The first-order valence-electron chi connectivity index (χ1n) is 12.7. The van der Waals surface area contributed by atoms with Crippen LogP contribution < -0.4 is 5.43 Å². The molecule has 2 aromatic rings. The Bertz CT molecular complexity index is 1490. The summed E-state index contributed by atoms with van der Waals surface area (Å²) in [5.41, 5.74) is 5.14. The molecular weight excluding hydrogens is 557 g/mol. The number of urea groups is 1. The average Bonchev–Trinajstić information content (AvgIpc) is 3.48. The Labute approximate surface area is 237 Å². The number of amides is 3. The number of terminal acetylenes is 1. The van der Waals surface area contributed by atoms with Gasteiger partial charge in [-0.25, -0.2) is 18.2 Å². The molecule has 1 aromatic carbocycles. The lowest BCUT2D eigenvalue weighted by Gasteiger charge is -2.43. The molecule has 5 rings (SSSR count). The van der Waals surface area contributed by atoms with Crippen molar-refractivity contribution in [3.8, 4) is 12.3 Å². The highest BCUT2D eigenvalue weighted by atomic mass is 32.2. The Morgan fingerprint density at radius 3 is 2.69 bits per heavy atom. The first-order chi connectivity index (χ1) is 18.5. The summed E-state index contributed by atoms with van der Waals surface area (Å²) in [6.45, 7) is 2.96. The van der Waals surface area contributed by atoms with Crippen molar-refractivity contribution in [1.29, 1.82) is 0 Å². The van der Waals surface area contributed by atoms with E-state index in [0.29, 0.717) is 12.1 Å². The van der Waals surface area contributed by atoms with Gasteiger partial charge in [0.2, 0.25) is 5.91 Å². The predicted molar refractivity (Wildman–Crippen MR) is 154 cm³/mol. The molecule has 1 aromatic heterocycles. The molecule has 3 aliphatic rings. The summed E-state index contributed by atoms with van der Waals surface area (Å²) in [7, 11) is 1.52.